The molecule has 3 heterocycles. The number of carbonyl (C=O) groups excluding carboxylic acids is 2. The van der Waals surface area contributed by atoms with Gasteiger partial charge in [0, 0.05) is 28.9 Å². The fraction of sp³-hybridized carbons (Fsp3) is 0.160. The average molecular weight is 464 g/mol. The van der Waals surface area contributed by atoms with Crippen molar-refractivity contribution < 1.29 is 23.5 Å². The van der Waals surface area contributed by atoms with Crippen LogP contribution in [0.2, 0.25) is 0 Å². The van der Waals surface area contributed by atoms with Crippen LogP contribution in [0, 0.1) is 11.6 Å². The average Bonchev–Trinajstić information content (AvgIpc) is 3.55. The number of fused-ring (bicyclic) bond motifs is 1. The van der Waals surface area contributed by atoms with E-state index in [-0.39, 0.29) is 22.6 Å². The molecule has 5 N–H and O–H groups in total. The Balaban J connectivity index is 0.000000486. The minimum absolute atomic E-state index is 0.0199. The number of nitrogens with one attached hydrogen (secondary N) is 2. The number of pyridine rings is 1. The number of aromatic amines is 1. The zero-order valence-corrected chi connectivity index (χ0v) is 18.1. The van der Waals surface area contributed by atoms with Crippen LogP contribution in [0.15, 0.2) is 48.8 Å². The van der Waals surface area contributed by atoms with Crippen molar-refractivity contribution in [1.82, 2.24) is 15.3 Å². The lowest BCUT2D eigenvalue weighted by molar-refractivity contribution is 0.103. The number of aromatic hydroxyl groups is 1. The second-order valence-corrected chi connectivity index (χ2v) is 7.83. The van der Waals surface area contributed by atoms with Gasteiger partial charge in [0.15, 0.2) is 12.1 Å². The summed E-state index contributed by atoms with van der Waals surface area (Å²) in [5, 5.41) is 13.5. The molecule has 0 amide bonds. The highest BCUT2D eigenvalue weighted by molar-refractivity contribution is 6.16. The van der Waals surface area contributed by atoms with Crippen molar-refractivity contribution in [2.75, 3.05) is 18.8 Å². The van der Waals surface area contributed by atoms with Gasteiger partial charge in [0.2, 0.25) is 5.78 Å². The lowest BCUT2D eigenvalue weighted by Crippen LogP contribution is -2.09. The second kappa shape index (κ2) is 9.80. The predicted octanol–water partition coefficient (Wildman–Crippen LogP) is 4.21. The van der Waals surface area contributed by atoms with Crippen LogP contribution >= 0.6 is 0 Å². The summed E-state index contributed by atoms with van der Waals surface area (Å²) in [5.41, 5.74) is 5.96. The first-order valence-electron chi connectivity index (χ1n) is 10.6. The number of anilines is 1. The molecule has 174 valence electrons. The van der Waals surface area contributed by atoms with E-state index in [0.717, 1.165) is 12.1 Å². The lowest BCUT2D eigenvalue weighted by atomic mass is 9.99. The fourth-order valence-electron chi connectivity index (χ4n) is 3.71. The molecular weight excluding hydrogens is 442 g/mol. The molecule has 5 rings (SSSR count). The Bertz CT molecular complexity index is 1370. The van der Waals surface area contributed by atoms with Crippen molar-refractivity contribution >= 4 is 28.8 Å². The van der Waals surface area contributed by atoms with Crippen LogP contribution in [0.4, 0.5) is 14.5 Å². The zero-order valence-electron chi connectivity index (χ0n) is 18.1. The maximum atomic E-state index is 14.3. The van der Waals surface area contributed by atoms with Gasteiger partial charge < -0.3 is 21.1 Å². The van der Waals surface area contributed by atoms with Gasteiger partial charge in [-0.25, -0.2) is 13.8 Å². The SMILES string of the molecule is C1CCNC1.Nc1ccc(F)c(C(=O)c2c[nH]c3ncc(-c4ccc(C=O)c(O)c4)cc23)c1F. The number of nitrogens with two attached hydrogens (primary N) is 1. The molecule has 2 aromatic carbocycles. The molecule has 0 aliphatic carbocycles. The molecule has 9 heteroatoms. The number of benzene rings is 2. The van der Waals surface area contributed by atoms with Gasteiger partial charge >= 0.3 is 0 Å². The molecule has 1 fully saturated rings. The molecular formula is C25H22F2N4O3. The highest BCUT2D eigenvalue weighted by Gasteiger charge is 2.24. The van der Waals surface area contributed by atoms with Gasteiger partial charge in [0.25, 0.3) is 0 Å². The number of phenolic OH excluding ortho intramolecular Hbond substituents is 1. The quantitative estimate of drug-likeness (QED) is 0.204. The minimum atomic E-state index is -1.12. The summed E-state index contributed by atoms with van der Waals surface area (Å²) in [6.45, 7) is 2.50. The Kier molecular flexibility index (Phi) is 6.65. The summed E-state index contributed by atoms with van der Waals surface area (Å²) < 4.78 is 28.4. The fourth-order valence-corrected chi connectivity index (χ4v) is 3.71. The normalized spacial score (nSPS) is 12.9. The summed E-state index contributed by atoms with van der Waals surface area (Å²) in [4.78, 5) is 30.7. The third kappa shape index (κ3) is 4.51. The van der Waals surface area contributed by atoms with Gasteiger partial charge in [-0.2, -0.15) is 0 Å². The molecule has 0 bridgehead atoms. The van der Waals surface area contributed by atoms with Gasteiger partial charge in [-0.05, 0) is 61.8 Å². The molecule has 1 aliphatic heterocycles. The molecule has 34 heavy (non-hydrogen) atoms. The maximum Gasteiger partial charge on any atom is 0.201 e. The van der Waals surface area contributed by atoms with Crippen molar-refractivity contribution in [3.63, 3.8) is 0 Å². The highest BCUT2D eigenvalue weighted by atomic mass is 19.1. The van der Waals surface area contributed by atoms with Gasteiger partial charge in [0.05, 0.1) is 16.8 Å². The number of halogens is 2. The number of nitrogens with zero attached hydrogens (tertiary/aromatic N) is 1. The molecule has 1 aliphatic rings. The van der Waals surface area contributed by atoms with E-state index in [2.05, 4.69) is 15.3 Å². The van der Waals surface area contributed by atoms with Gasteiger partial charge in [-0.1, -0.05) is 6.07 Å². The van der Waals surface area contributed by atoms with Gasteiger partial charge in [0.1, 0.15) is 17.2 Å². The number of aromatic nitrogens is 2. The van der Waals surface area contributed by atoms with Crippen LogP contribution in [-0.4, -0.2) is 40.2 Å². The first-order chi connectivity index (χ1) is 16.4. The molecule has 0 radical (unpaired) electrons. The Hall–Kier alpha value is -4.11. The number of carbonyl (C=O) groups is 2. The third-order valence-electron chi connectivity index (χ3n) is 5.57. The van der Waals surface area contributed by atoms with E-state index in [4.69, 9.17) is 5.73 Å². The van der Waals surface area contributed by atoms with E-state index < -0.39 is 23.0 Å². The molecule has 2 aromatic heterocycles. The van der Waals surface area contributed by atoms with Gasteiger partial charge in [-0.3, -0.25) is 9.59 Å². The van der Waals surface area contributed by atoms with Crippen LogP contribution in [0.5, 0.6) is 5.75 Å². The standard InChI is InChI=1S/C21H13F2N3O3.C4H9N/c22-15-3-4-16(24)19(23)18(15)20(29)14-8-26-21-13(14)5-12(7-25-21)10-1-2-11(9-27)17(28)6-10;1-2-4-5-3-1/h1-9,28H,24H2,(H,25,26);5H,1-4H2. The smallest absolute Gasteiger partial charge is 0.201 e. The molecule has 4 aromatic rings. The van der Waals surface area contributed by atoms with E-state index in [1.54, 1.807) is 12.1 Å². The molecule has 0 unspecified atom stereocenters. The molecule has 0 saturated carbocycles. The van der Waals surface area contributed by atoms with Crippen LogP contribution in [0.3, 0.4) is 0 Å². The third-order valence-corrected chi connectivity index (χ3v) is 5.57. The van der Waals surface area contributed by atoms with E-state index in [9.17, 15) is 23.5 Å². The Morgan fingerprint density at radius 3 is 2.50 bits per heavy atom. The number of aldehydes is 1. The second-order valence-electron chi connectivity index (χ2n) is 7.83. The molecule has 0 spiro atoms. The van der Waals surface area contributed by atoms with Gasteiger partial charge in [-0.15, -0.1) is 0 Å². The van der Waals surface area contributed by atoms with Crippen molar-refractivity contribution in [2.24, 2.45) is 0 Å². The van der Waals surface area contributed by atoms with E-state index in [1.807, 2.05) is 0 Å². The topological polar surface area (TPSA) is 121 Å². The van der Waals surface area contributed by atoms with Crippen LogP contribution in [0.25, 0.3) is 22.2 Å². The molecule has 0 atom stereocenters. The number of rotatable bonds is 4. The Labute approximate surface area is 193 Å². The summed E-state index contributed by atoms with van der Waals surface area (Å²) in [6.07, 6.45) is 6.13. The summed E-state index contributed by atoms with van der Waals surface area (Å²) in [6, 6.07) is 8.02. The monoisotopic (exact) mass is 464 g/mol. The summed E-state index contributed by atoms with van der Waals surface area (Å²) in [7, 11) is 0. The van der Waals surface area contributed by atoms with Crippen LogP contribution in [-0.2, 0) is 0 Å². The largest absolute Gasteiger partial charge is 0.507 e. The highest BCUT2D eigenvalue weighted by Crippen LogP contribution is 2.30. The first-order valence-corrected chi connectivity index (χ1v) is 10.6. The Morgan fingerprint density at radius 2 is 1.85 bits per heavy atom. The minimum Gasteiger partial charge on any atom is -0.507 e. The summed E-state index contributed by atoms with van der Waals surface area (Å²) >= 11 is 0. The number of ketones is 1. The number of hydrogen-bond donors (Lipinski definition) is 4. The van der Waals surface area contributed by atoms with Crippen LogP contribution in [0.1, 0.15) is 39.1 Å². The van der Waals surface area contributed by atoms with E-state index >= 15 is 0 Å². The van der Waals surface area contributed by atoms with Crippen molar-refractivity contribution in [3.05, 3.63) is 77.1 Å². The Morgan fingerprint density at radius 1 is 1.09 bits per heavy atom. The summed E-state index contributed by atoms with van der Waals surface area (Å²) in [5.74, 6) is -3.22. The maximum absolute atomic E-state index is 14.3. The first kappa shape index (κ1) is 23.1. The predicted molar refractivity (Wildman–Crippen MR) is 125 cm³/mol. The molecule has 1 saturated heterocycles. The van der Waals surface area contributed by atoms with Crippen LogP contribution < -0.4 is 11.1 Å². The van der Waals surface area contributed by atoms with Crippen molar-refractivity contribution in [2.45, 2.75) is 12.8 Å². The van der Waals surface area contributed by atoms with E-state index in [1.165, 1.54) is 50.5 Å². The molecule has 7 nitrogen and oxygen atoms in total. The number of hydrogen-bond acceptors (Lipinski definition) is 6. The van der Waals surface area contributed by atoms with Crippen molar-refractivity contribution in [1.29, 1.82) is 0 Å². The van der Waals surface area contributed by atoms with E-state index in [0.29, 0.717) is 28.4 Å². The number of H-pyrrole nitrogens is 1. The zero-order chi connectivity index (χ0) is 24.2. The number of nitrogen functional groups attached to an aromatic ring is 1. The number of phenols is 1. The lowest BCUT2D eigenvalue weighted by Gasteiger charge is -2.07. The van der Waals surface area contributed by atoms with Crippen molar-refractivity contribution in [3.8, 4) is 16.9 Å².